The predicted molar refractivity (Wildman–Crippen MR) is 67.6 cm³/mol. The minimum Gasteiger partial charge on any atom is -0.466 e. The number of furan rings is 1. The smallest absolute Gasteiger partial charge is 0.111 e. The zero-order valence-electron chi connectivity index (χ0n) is 10.7. The molecule has 0 amide bonds. The van der Waals surface area contributed by atoms with E-state index in [1.165, 1.54) is 0 Å². The lowest BCUT2D eigenvalue weighted by Crippen LogP contribution is -2.33. The minimum absolute atomic E-state index is 0.0526. The quantitative estimate of drug-likeness (QED) is 0.698. The predicted octanol–water partition coefficient (Wildman–Crippen LogP) is 2.19. The monoisotopic (exact) mass is 224 g/mol. The minimum atomic E-state index is 0.0526. The van der Waals surface area contributed by atoms with Crippen LogP contribution in [0.3, 0.4) is 0 Å². The summed E-state index contributed by atoms with van der Waals surface area (Å²) >= 11 is 0. The van der Waals surface area contributed by atoms with Crippen LogP contribution in [0.5, 0.6) is 0 Å². The highest BCUT2D eigenvalue weighted by Crippen LogP contribution is 2.24. The van der Waals surface area contributed by atoms with Gasteiger partial charge in [0.15, 0.2) is 0 Å². The molecule has 1 aromatic heterocycles. The molecule has 1 aromatic rings. The molecule has 3 heteroatoms. The van der Waals surface area contributed by atoms with Gasteiger partial charge in [-0.25, -0.2) is 0 Å². The van der Waals surface area contributed by atoms with E-state index >= 15 is 0 Å². The summed E-state index contributed by atoms with van der Waals surface area (Å²) < 4.78 is 5.67. The van der Waals surface area contributed by atoms with Crippen LogP contribution in [0.1, 0.15) is 38.2 Å². The summed E-state index contributed by atoms with van der Waals surface area (Å²) in [6.45, 7) is 9.12. The summed E-state index contributed by atoms with van der Waals surface area (Å²) in [7, 11) is 0. The summed E-state index contributed by atoms with van der Waals surface area (Å²) in [6, 6.07) is 4.09. The van der Waals surface area contributed by atoms with E-state index in [1.54, 1.807) is 0 Å². The van der Waals surface area contributed by atoms with E-state index in [-0.39, 0.29) is 5.41 Å². The molecule has 0 radical (unpaired) electrons. The average molecular weight is 224 g/mol. The fraction of sp³-hybridized carbons (Fsp3) is 0.692. The molecule has 0 aliphatic rings. The molecule has 3 nitrogen and oxygen atoms in total. The molecule has 0 aliphatic heterocycles. The molecule has 0 atom stereocenters. The third-order valence-corrected chi connectivity index (χ3v) is 2.78. The summed E-state index contributed by atoms with van der Waals surface area (Å²) in [4.78, 5) is 0. The van der Waals surface area contributed by atoms with Gasteiger partial charge in [-0.3, -0.25) is 0 Å². The van der Waals surface area contributed by atoms with Crippen molar-refractivity contribution in [2.24, 2.45) is 5.73 Å². The Balaban J connectivity index is 2.34. The van der Waals surface area contributed by atoms with E-state index < -0.39 is 0 Å². The van der Waals surface area contributed by atoms with Crippen molar-refractivity contribution in [1.29, 1.82) is 0 Å². The van der Waals surface area contributed by atoms with Crippen molar-refractivity contribution in [2.45, 2.75) is 39.0 Å². The Kier molecular flexibility index (Phi) is 5.03. The number of unbranched alkanes of at least 4 members (excludes halogenated alkanes) is 1. The Morgan fingerprint density at radius 2 is 2.06 bits per heavy atom. The Hall–Kier alpha value is -0.800. The van der Waals surface area contributed by atoms with E-state index in [0.717, 1.165) is 44.0 Å². The van der Waals surface area contributed by atoms with Gasteiger partial charge in [-0.05, 0) is 45.0 Å². The molecule has 0 unspecified atom stereocenters. The number of aryl methyl sites for hydroxylation is 1. The van der Waals surface area contributed by atoms with Gasteiger partial charge in [-0.2, -0.15) is 0 Å². The van der Waals surface area contributed by atoms with Gasteiger partial charge >= 0.3 is 0 Å². The van der Waals surface area contributed by atoms with Crippen LogP contribution in [0, 0.1) is 6.92 Å². The van der Waals surface area contributed by atoms with Crippen molar-refractivity contribution in [3.8, 4) is 0 Å². The van der Waals surface area contributed by atoms with Gasteiger partial charge in [0.1, 0.15) is 11.5 Å². The van der Waals surface area contributed by atoms with Crippen molar-refractivity contribution < 1.29 is 4.42 Å². The Morgan fingerprint density at radius 3 is 2.62 bits per heavy atom. The van der Waals surface area contributed by atoms with Crippen molar-refractivity contribution in [3.05, 3.63) is 23.7 Å². The van der Waals surface area contributed by atoms with Crippen molar-refractivity contribution >= 4 is 0 Å². The molecule has 1 heterocycles. The second kappa shape index (κ2) is 6.06. The number of nitrogens with one attached hydrogen (secondary N) is 1. The molecule has 0 aromatic carbocycles. The van der Waals surface area contributed by atoms with Crippen molar-refractivity contribution in [2.75, 3.05) is 19.6 Å². The van der Waals surface area contributed by atoms with Crippen LogP contribution < -0.4 is 11.1 Å². The van der Waals surface area contributed by atoms with Gasteiger partial charge in [0, 0.05) is 12.0 Å². The van der Waals surface area contributed by atoms with E-state index in [9.17, 15) is 0 Å². The standard InChI is InChI=1S/C13H24N2O/c1-11-6-7-12(16-11)13(2,3)10-15-9-5-4-8-14/h6-7,15H,4-5,8-10,14H2,1-3H3. The topological polar surface area (TPSA) is 51.2 Å². The molecule has 0 fully saturated rings. The fourth-order valence-electron chi connectivity index (χ4n) is 1.68. The normalized spacial score (nSPS) is 12.0. The zero-order valence-corrected chi connectivity index (χ0v) is 10.7. The Morgan fingerprint density at radius 1 is 1.31 bits per heavy atom. The summed E-state index contributed by atoms with van der Waals surface area (Å²) in [5.74, 6) is 2.03. The Labute approximate surface area is 98.4 Å². The highest BCUT2D eigenvalue weighted by atomic mass is 16.3. The largest absolute Gasteiger partial charge is 0.466 e. The Bertz CT molecular complexity index is 305. The second-order valence-electron chi connectivity index (χ2n) is 4.97. The third kappa shape index (κ3) is 3.99. The van der Waals surface area contributed by atoms with E-state index in [2.05, 4.69) is 25.2 Å². The first-order valence-electron chi connectivity index (χ1n) is 6.04. The maximum atomic E-state index is 5.67. The van der Waals surface area contributed by atoms with Crippen LogP contribution >= 0.6 is 0 Å². The van der Waals surface area contributed by atoms with Crippen molar-refractivity contribution in [1.82, 2.24) is 5.32 Å². The molecule has 1 rings (SSSR count). The maximum Gasteiger partial charge on any atom is 0.111 e. The van der Waals surface area contributed by atoms with E-state index in [4.69, 9.17) is 10.2 Å². The summed E-state index contributed by atoms with van der Waals surface area (Å²) in [5, 5.41) is 3.45. The van der Waals surface area contributed by atoms with E-state index in [1.807, 2.05) is 13.0 Å². The first-order valence-corrected chi connectivity index (χ1v) is 6.04. The van der Waals surface area contributed by atoms with Crippen LogP contribution in [0.15, 0.2) is 16.5 Å². The number of rotatable bonds is 7. The molecule has 0 aliphatic carbocycles. The summed E-state index contributed by atoms with van der Waals surface area (Å²) in [6.07, 6.45) is 2.23. The molecule has 0 spiro atoms. The molecule has 92 valence electrons. The van der Waals surface area contributed by atoms with Crippen LogP contribution in [0.25, 0.3) is 0 Å². The second-order valence-corrected chi connectivity index (χ2v) is 4.97. The van der Waals surface area contributed by atoms with Gasteiger partial charge < -0.3 is 15.5 Å². The van der Waals surface area contributed by atoms with E-state index in [0.29, 0.717) is 0 Å². The van der Waals surface area contributed by atoms with Crippen LogP contribution in [0.2, 0.25) is 0 Å². The lowest BCUT2D eigenvalue weighted by Gasteiger charge is -2.22. The summed E-state index contributed by atoms with van der Waals surface area (Å²) in [5.41, 5.74) is 5.50. The van der Waals surface area contributed by atoms with Gasteiger partial charge in [-0.1, -0.05) is 13.8 Å². The van der Waals surface area contributed by atoms with Crippen molar-refractivity contribution in [3.63, 3.8) is 0 Å². The van der Waals surface area contributed by atoms with Crippen LogP contribution in [-0.2, 0) is 5.41 Å². The lowest BCUT2D eigenvalue weighted by molar-refractivity contribution is 0.357. The molecule has 0 bridgehead atoms. The molecular weight excluding hydrogens is 200 g/mol. The number of hydrogen-bond donors (Lipinski definition) is 2. The number of nitrogens with two attached hydrogens (primary N) is 1. The third-order valence-electron chi connectivity index (χ3n) is 2.78. The fourth-order valence-corrected chi connectivity index (χ4v) is 1.68. The maximum absolute atomic E-state index is 5.67. The van der Waals surface area contributed by atoms with Gasteiger partial charge in [0.25, 0.3) is 0 Å². The van der Waals surface area contributed by atoms with Crippen LogP contribution in [0.4, 0.5) is 0 Å². The average Bonchev–Trinajstić information content (AvgIpc) is 2.65. The molecule has 16 heavy (non-hydrogen) atoms. The van der Waals surface area contributed by atoms with Gasteiger partial charge in [0.2, 0.25) is 0 Å². The van der Waals surface area contributed by atoms with Gasteiger partial charge in [-0.15, -0.1) is 0 Å². The highest BCUT2D eigenvalue weighted by molar-refractivity contribution is 5.15. The van der Waals surface area contributed by atoms with Crippen LogP contribution in [-0.4, -0.2) is 19.6 Å². The lowest BCUT2D eigenvalue weighted by atomic mass is 9.90. The molecule has 3 N–H and O–H groups in total. The van der Waals surface area contributed by atoms with Gasteiger partial charge in [0.05, 0.1) is 0 Å². The number of hydrogen-bond acceptors (Lipinski definition) is 3. The SMILES string of the molecule is Cc1ccc(C(C)(C)CNCCCCN)o1. The molecular formula is C13H24N2O. The highest BCUT2D eigenvalue weighted by Gasteiger charge is 2.23. The first kappa shape index (κ1) is 13.3. The first-order chi connectivity index (χ1) is 7.56. The zero-order chi connectivity index (χ0) is 12.0. The molecule has 0 saturated heterocycles. The molecule has 0 saturated carbocycles.